The minimum absolute atomic E-state index is 0.339. The van der Waals surface area contributed by atoms with Crippen LogP contribution in [0, 0.1) is 5.92 Å². The van der Waals surface area contributed by atoms with Gasteiger partial charge < -0.3 is 20.1 Å². The van der Waals surface area contributed by atoms with Crippen LogP contribution in [0.25, 0.3) is 0 Å². The van der Waals surface area contributed by atoms with Crippen molar-refractivity contribution in [1.29, 1.82) is 0 Å². The van der Waals surface area contributed by atoms with E-state index in [0.29, 0.717) is 11.5 Å². The van der Waals surface area contributed by atoms with Crippen molar-refractivity contribution < 1.29 is 9.47 Å². The van der Waals surface area contributed by atoms with Gasteiger partial charge in [0.05, 0.1) is 0 Å². The Morgan fingerprint density at radius 3 is 2.64 bits per heavy atom. The first-order chi connectivity index (χ1) is 13.8. The molecule has 0 unspecified atom stereocenters. The van der Waals surface area contributed by atoms with Crippen molar-refractivity contribution in [3.05, 3.63) is 0 Å². The van der Waals surface area contributed by atoms with Crippen molar-refractivity contribution in [2.45, 2.75) is 50.5 Å². The van der Waals surface area contributed by atoms with Gasteiger partial charge in [0.25, 0.3) is 0 Å². The molecule has 3 aliphatic rings. The molecule has 2 heterocycles. The van der Waals surface area contributed by atoms with Crippen LogP contribution in [0.4, 0.5) is 0 Å². The molecule has 162 valence electrons. The van der Waals surface area contributed by atoms with Crippen molar-refractivity contribution in [3.8, 4) is 0 Å². The van der Waals surface area contributed by atoms with Crippen molar-refractivity contribution in [2.75, 3.05) is 71.2 Å². The quantitative estimate of drug-likeness (QED) is 0.344. The average molecular weight is 413 g/mol. The molecule has 7 heteroatoms. The van der Waals surface area contributed by atoms with E-state index in [-0.39, 0.29) is 0 Å². The number of nitrogens with one attached hydrogen (secondary N) is 2. The van der Waals surface area contributed by atoms with Crippen LogP contribution in [0.5, 0.6) is 0 Å². The van der Waals surface area contributed by atoms with Gasteiger partial charge >= 0.3 is 0 Å². The van der Waals surface area contributed by atoms with Gasteiger partial charge in [-0.25, -0.2) is 0 Å². The number of rotatable bonds is 9. The predicted molar refractivity (Wildman–Crippen MR) is 118 cm³/mol. The van der Waals surface area contributed by atoms with Gasteiger partial charge in [0.15, 0.2) is 5.96 Å². The zero-order valence-electron chi connectivity index (χ0n) is 17.7. The molecule has 2 aliphatic heterocycles. The second-order valence-corrected chi connectivity index (χ2v) is 9.59. The van der Waals surface area contributed by atoms with Gasteiger partial charge in [-0.1, -0.05) is 12.8 Å². The van der Waals surface area contributed by atoms with Crippen LogP contribution in [0.3, 0.4) is 0 Å². The first-order valence-electron chi connectivity index (χ1n) is 11.3. The summed E-state index contributed by atoms with van der Waals surface area (Å²) in [5, 5.41) is 7.10. The third kappa shape index (κ3) is 6.78. The molecular weight excluding hydrogens is 372 g/mol. The smallest absolute Gasteiger partial charge is 0.191 e. The van der Waals surface area contributed by atoms with Crippen LogP contribution < -0.4 is 10.6 Å². The van der Waals surface area contributed by atoms with Crippen LogP contribution in [-0.4, -0.2) is 87.6 Å². The molecule has 2 saturated heterocycles. The first kappa shape index (κ1) is 22.2. The Kier molecular flexibility index (Phi) is 9.71. The molecule has 0 aromatic heterocycles. The summed E-state index contributed by atoms with van der Waals surface area (Å²) < 4.78 is 11.3. The van der Waals surface area contributed by atoms with Crippen molar-refractivity contribution in [3.63, 3.8) is 0 Å². The van der Waals surface area contributed by atoms with Crippen molar-refractivity contribution >= 4 is 17.7 Å². The highest BCUT2D eigenvalue weighted by Crippen LogP contribution is 2.36. The molecule has 6 nitrogen and oxygen atoms in total. The molecular formula is C21H40N4O2S. The van der Waals surface area contributed by atoms with Gasteiger partial charge in [-0.15, -0.1) is 0 Å². The van der Waals surface area contributed by atoms with E-state index in [1.54, 1.807) is 0 Å². The molecule has 0 bridgehead atoms. The molecule has 0 aromatic rings. The molecule has 0 amide bonds. The molecule has 1 saturated carbocycles. The van der Waals surface area contributed by atoms with Crippen molar-refractivity contribution in [1.82, 2.24) is 15.5 Å². The predicted octanol–water partition coefficient (Wildman–Crippen LogP) is 2.35. The highest BCUT2D eigenvalue weighted by atomic mass is 32.2. The minimum Gasteiger partial charge on any atom is -0.381 e. The highest BCUT2D eigenvalue weighted by Gasteiger charge is 2.39. The molecule has 0 spiro atoms. The maximum Gasteiger partial charge on any atom is 0.191 e. The second kappa shape index (κ2) is 12.3. The van der Waals surface area contributed by atoms with E-state index in [2.05, 4.69) is 32.3 Å². The normalized spacial score (nSPS) is 24.4. The third-order valence-electron chi connectivity index (χ3n) is 6.48. The monoisotopic (exact) mass is 412 g/mol. The summed E-state index contributed by atoms with van der Waals surface area (Å²) in [6, 6.07) is 0. The van der Waals surface area contributed by atoms with E-state index < -0.39 is 0 Å². The molecule has 28 heavy (non-hydrogen) atoms. The molecule has 0 atom stereocenters. The Bertz CT molecular complexity index is 459. The van der Waals surface area contributed by atoms with E-state index in [1.165, 1.54) is 50.3 Å². The lowest BCUT2D eigenvalue weighted by Gasteiger charge is -2.43. The van der Waals surface area contributed by atoms with Gasteiger partial charge in [-0.05, 0) is 38.0 Å². The number of hydrogen-bond acceptors (Lipinski definition) is 5. The summed E-state index contributed by atoms with van der Waals surface area (Å²) in [5.74, 6) is 4.18. The minimum atomic E-state index is 0.339. The number of nitrogens with zero attached hydrogens (tertiary/aromatic N) is 2. The number of thioether (sulfide) groups is 1. The Balaban J connectivity index is 1.31. The van der Waals surface area contributed by atoms with E-state index in [0.717, 1.165) is 64.7 Å². The fourth-order valence-electron chi connectivity index (χ4n) is 4.69. The first-order valence-corrected chi connectivity index (χ1v) is 12.4. The number of guanidine groups is 1. The van der Waals surface area contributed by atoms with Gasteiger partial charge in [-0.3, -0.25) is 9.89 Å². The largest absolute Gasteiger partial charge is 0.381 e. The summed E-state index contributed by atoms with van der Waals surface area (Å²) in [6.07, 6.45) is 8.67. The van der Waals surface area contributed by atoms with Crippen LogP contribution in [0.15, 0.2) is 4.99 Å². The summed E-state index contributed by atoms with van der Waals surface area (Å²) in [5.41, 5.74) is 0.339. The lowest BCUT2D eigenvalue weighted by Crippen LogP contribution is -2.57. The summed E-state index contributed by atoms with van der Waals surface area (Å²) >= 11 is 2.10. The van der Waals surface area contributed by atoms with Crippen LogP contribution >= 0.6 is 11.8 Å². The van der Waals surface area contributed by atoms with Gasteiger partial charge in [0, 0.05) is 76.7 Å². The zero-order valence-corrected chi connectivity index (χ0v) is 18.5. The maximum atomic E-state index is 5.86. The summed E-state index contributed by atoms with van der Waals surface area (Å²) in [4.78, 5) is 7.18. The van der Waals surface area contributed by atoms with E-state index >= 15 is 0 Å². The SMILES string of the molecule is CN=C(NCCCOCC1CCOCC1)NCC1(N2CCSCC2)CCCC1. The Morgan fingerprint density at radius 1 is 1.18 bits per heavy atom. The van der Waals surface area contributed by atoms with Crippen molar-refractivity contribution in [2.24, 2.45) is 10.9 Å². The number of aliphatic imine (C=N–C) groups is 1. The van der Waals surface area contributed by atoms with E-state index in [4.69, 9.17) is 9.47 Å². The van der Waals surface area contributed by atoms with E-state index in [9.17, 15) is 0 Å². The molecule has 1 aliphatic carbocycles. The lowest BCUT2D eigenvalue weighted by molar-refractivity contribution is 0.0203. The maximum absolute atomic E-state index is 5.86. The molecule has 0 aromatic carbocycles. The topological polar surface area (TPSA) is 58.1 Å². The second-order valence-electron chi connectivity index (χ2n) is 8.37. The number of hydrogen-bond donors (Lipinski definition) is 2. The fraction of sp³-hybridized carbons (Fsp3) is 0.952. The number of ether oxygens (including phenoxy) is 2. The van der Waals surface area contributed by atoms with Gasteiger partial charge in [0.2, 0.25) is 0 Å². The Labute approximate surface area is 175 Å². The van der Waals surface area contributed by atoms with Gasteiger partial charge in [-0.2, -0.15) is 11.8 Å². The Hall–Kier alpha value is -0.500. The summed E-state index contributed by atoms with van der Waals surface area (Å²) in [7, 11) is 1.87. The van der Waals surface area contributed by atoms with Gasteiger partial charge in [0.1, 0.15) is 0 Å². The Morgan fingerprint density at radius 2 is 1.93 bits per heavy atom. The molecule has 2 N–H and O–H groups in total. The third-order valence-corrected chi connectivity index (χ3v) is 7.42. The average Bonchev–Trinajstić information content (AvgIpc) is 3.24. The fourth-order valence-corrected chi connectivity index (χ4v) is 5.59. The van der Waals surface area contributed by atoms with Crippen LogP contribution in [0.1, 0.15) is 44.9 Å². The molecule has 0 radical (unpaired) electrons. The van der Waals surface area contributed by atoms with Crippen LogP contribution in [-0.2, 0) is 9.47 Å². The zero-order chi connectivity index (χ0) is 19.5. The molecule has 3 rings (SSSR count). The lowest BCUT2D eigenvalue weighted by atomic mass is 9.94. The summed E-state index contributed by atoms with van der Waals surface area (Å²) in [6.45, 7) is 7.89. The van der Waals surface area contributed by atoms with E-state index in [1.807, 2.05) is 7.05 Å². The van der Waals surface area contributed by atoms with Crippen LogP contribution in [0.2, 0.25) is 0 Å². The standard InChI is InChI=1S/C21H40N4O2S/c1-22-20(23-9-4-12-27-17-19-5-13-26-14-6-19)24-18-21(7-2-3-8-21)25-10-15-28-16-11-25/h19H,2-18H2,1H3,(H2,22,23,24). The molecule has 3 fully saturated rings. The highest BCUT2D eigenvalue weighted by molar-refractivity contribution is 7.99.